The Kier molecular flexibility index (Phi) is 5.32. The van der Waals surface area contributed by atoms with Crippen molar-refractivity contribution < 1.29 is 9.90 Å². The van der Waals surface area contributed by atoms with Crippen LogP contribution >= 0.6 is 0 Å². The van der Waals surface area contributed by atoms with Crippen molar-refractivity contribution in [1.29, 1.82) is 0 Å². The highest BCUT2D eigenvalue weighted by Gasteiger charge is 2.09. The first-order chi connectivity index (χ1) is 10.6. The fourth-order valence-electron chi connectivity index (χ4n) is 1.91. The van der Waals surface area contributed by atoms with Crippen LogP contribution in [0.15, 0.2) is 48.8 Å². The molecule has 116 valence electrons. The number of nitrogens with one attached hydrogen (secondary N) is 2. The molecule has 3 N–H and O–H groups in total. The molecule has 1 aromatic carbocycles. The maximum Gasteiger partial charge on any atom is 0.319 e. The second-order valence-corrected chi connectivity index (χ2v) is 5.07. The monoisotopic (exact) mass is 300 g/mol. The molecule has 6 nitrogen and oxygen atoms in total. The second-order valence-electron chi connectivity index (χ2n) is 5.07. The lowest BCUT2D eigenvalue weighted by atomic mass is 10.1. The number of anilines is 2. The molecule has 0 aliphatic carbocycles. The van der Waals surface area contributed by atoms with Crippen LogP contribution in [0, 0.1) is 0 Å². The summed E-state index contributed by atoms with van der Waals surface area (Å²) in [5, 5.41) is 15.3. The molecule has 2 aromatic rings. The third-order valence-corrected chi connectivity index (χ3v) is 3.19. The summed E-state index contributed by atoms with van der Waals surface area (Å²) in [7, 11) is 3.91. The number of benzene rings is 1. The van der Waals surface area contributed by atoms with Crippen molar-refractivity contribution in [2.45, 2.75) is 6.10 Å². The average molecular weight is 300 g/mol. The van der Waals surface area contributed by atoms with E-state index in [0.29, 0.717) is 11.3 Å². The Morgan fingerprint density at radius 2 is 1.82 bits per heavy atom. The fraction of sp³-hybridized carbons (Fsp3) is 0.250. The van der Waals surface area contributed by atoms with E-state index >= 15 is 0 Å². The van der Waals surface area contributed by atoms with Gasteiger partial charge in [-0.05, 0) is 42.0 Å². The Labute approximate surface area is 129 Å². The van der Waals surface area contributed by atoms with Gasteiger partial charge in [0.1, 0.15) is 0 Å². The number of pyridine rings is 1. The molecule has 0 aliphatic rings. The summed E-state index contributed by atoms with van der Waals surface area (Å²) >= 11 is 0. The number of nitrogens with zero attached hydrogens (tertiary/aromatic N) is 2. The SMILES string of the molecule is CN(C)c1ccc(NC(=O)NCC(O)c2ccncc2)cc1. The van der Waals surface area contributed by atoms with Crippen molar-refractivity contribution in [1.82, 2.24) is 10.3 Å². The van der Waals surface area contributed by atoms with E-state index in [1.165, 1.54) is 0 Å². The van der Waals surface area contributed by atoms with Gasteiger partial charge in [-0.15, -0.1) is 0 Å². The molecule has 2 amide bonds. The number of aliphatic hydroxyl groups is 1. The van der Waals surface area contributed by atoms with Crippen molar-refractivity contribution in [3.8, 4) is 0 Å². The minimum atomic E-state index is -0.759. The van der Waals surface area contributed by atoms with Crippen LogP contribution in [-0.4, -0.2) is 36.8 Å². The quantitative estimate of drug-likeness (QED) is 0.789. The molecular formula is C16H20N4O2. The van der Waals surface area contributed by atoms with Gasteiger partial charge in [0.25, 0.3) is 0 Å². The maximum atomic E-state index is 11.8. The van der Waals surface area contributed by atoms with E-state index in [2.05, 4.69) is 15.6 Å². The van der Waals surface area contributed by atoms with Crippen molar-refractivity contribution in [2.75, 3.05) is 30.9 Å². The van der Waals surface area contributed by atoms with Gasteiger partial charge in [-0.2, -0.15) is 0 Å². The Morgan fingerprint density at radius 3 is 2.41 bits per heavy atom. The van der Waals surface area contributed by atoms with Crippen LogP contribution in [0.3, 0.4) is 0 Å². The van der Waals surface area contributed by atoms with Gasteiger partial charge in [-0.3, -0.25) is 4.98 Å². The first-order valence-electron chi connectivity index (χ1n) is 6.96. The smallest absolute Gasteiger partial charge is 0.319 e. The first kappa shape index (κ1) is 15.8. The van der Waals surface area contributed by atoms with Crippen LogP contribution in [0.1, 0.15) is 11.7 Å². The average Bonchev–Trinajstić information content (AvgIpc) is 2.54. The van der Waals surface area contributed by atoms with Crippen LogP contribution in [0.2, 0.25) is 0 Å². The first-order valence-corrected chi connectivity index (χ1v) is 6.96. The number of hydrogen-bond acceptors (Lipinski definition) is 4. The lowest BCUT2D eigenvalue weighted by Gasteiger charge is -2.14. The summed E-state index contributed by atoms with van der Waals surface area (Å²) in [4.78, 5) is 17.7. The van der Waals surface area contributed by atoms with Crippen molar-refractivity contribution >= 4 is 17.4 Å². The predicted molar refractivity (Wildman–Crippen MR) is 87.0 cm³/mol. The van der Waals surface area contributed by atoms with E-state index in [9.17, 15) is 9.90 Å². The van der Waals surface area contributed by atoms with Gasteiger partial charge in [-0.1, -0.05) is 0 Å². The highest BCUT2D eigenvalue weighted by molar-refractivity contribution is 5.89. The predicted octanol–water partition coefficient (Wildman–Crippen LogP) is 2.00. The number of urea groups is 1. The third-order valence-electron chi connectivity index (χ3n) is 3.19. The number of amides is 2. The lowest BCUT2D eigenvalue weighted by Crippen LogP contribution is -2.32. The minimum Gasteiger partial charge on any atom is -0.387 e. The van der Waals surface area contributed by atoms with Crippen molar-refractivity contribution in [2.24, 2.45) is 0 Å². The molecule has 2 rings (SSSR count). The Morgan fingerprint density at radius 1 is 1.18 bits per heavy atom. The number of hydrogen-bond donors (Lipinski definition) is 3. The Hall–Kier alpha value is -2.60. The van der Waals surface area contributed by atoms with Crippen LogP contribution in [-0.2, 0) is 0 Å². The highest BCUT2D eigenvalue weighted by atomic mass is 16.3. The molecule has 1 aromatic heterocycles. The molecular weight excluding hydrogens is 280 g/mol. The van der Waals surface area contributed by atoms with Crippen molar-refractivity contribution in [3.63, 3.8) is 0 Å². The molecule has 1 unspecified atom stereocenters. The summed E-state index contributed by atoms with van der Waals surface area (Å²) in [6.45, 7) is 0.131. The largest absolute Gasteiger partial charge is 0.387 e. The Balaban J connectivity index is 1.83. The van der Waals surface area contributed by atoms with Gasteiger partial charge in [-0.25, -0.2) is 4.79 Å². The zero-order valence-corrected chi connectivity index (χ0v) is 12.7. The third kappa shape index (κ3) is 4.46. The minimum absolute atomic E-state index is 0.131. The molecule has 1 heterocycles. The zero-order chi connectivity index (χ0) is 15.9. The van der Waals surface area contributed by atoms with Gasteiger partial charge < -0.3 is 20.6 Å². The summed E-state index contributed by atoms with van der Waals surface area (Å²) in [6, 6.07) is 10.6. The normalized spacial score (nSPS) is 11.6. The molecule has 0 bridgehead atoms. The van der Waals surface area contributed by atoms with E-state index in [1.54, 1.807) is 24.5 Å². The number of carbonyl (C=O) groups is 1. The standard InChI is InChI=1S/C16H20N4O2/c1-20(2)14-5-3-13(4-6-14)19-16(22)18-11-15(21)12-7-9-17-10-8-12/h3-10,15,21H,11H2,1-2H3,(H2,18,19,22). The van der Waals surface area contributed by atoms with E-state index in [-0.39, 0.29) is 12.6 Å². The molecule has 22 heavy (non-hydrogen) atoms. The van der Waals surface area contributed by atoms with Crippen LogP contribution in [0.5, 0.6) is 0 Å². The zero-order valence-electron chi connectivity index (χ0n) is 12.7. The molecule has 0 aliphatic heterocycles. The summed E-state index contributed by atoms with van der Waals surface area (Å²) in [5.74, 6) is 0. The molecule has 6 heteroatoms. The molecule has 1 atom stereocenters. The maximum absolute atomic E-state index is 11.8. The molecule has 0 saturated carbocycles. The van der Waals surface area contributed by atoms with E-state index in [0.717, 1.165) is 5.69 Å². The lowest BCUT2D eigenvalue weighted by molar-refractivity contribution is 0.175. The van der Waals surface area contributed by atoms with Gasteiger partial charge in [0.15, 0.2) is 0 Å². The molecule has 0 fully saturated rings. The van der Waals surface area contributed by atoms with Gasteiger partial charge in [0, 0.05) is 44.4 Å². The number of carbonyl (C=O) groups excluding carboxylic acids is 1. The van der Waals surface area contributed by atoms with E-state index < -0.39 is 6.10 Å². The van der Waals surface area contributed by atoms with Crippen LogP contribution < -0.4 is 15.5 Å². The topological polar surface area (TPSA) is 77.5 Å². The molecule has 0 spiro atoms. The summed E-state index contributed by atoms with van der Waals surface area (Å²) in [5.41, 5.74) is 2.46. The fourth-order valence-corrected chi connectivity index (χ4v) is 1.91. The number of aromatic nitrogens is 1. The van der Waals surface area contributed by atoms with Gasteiger partial charge in [0.2, 0.25) is 0 Å². The molecule has 0 saturated heterocycles. The molecule has 0 radical (unpaired) electrons. The number of rotatable bonds is 5. The second kappa shape index (κ2) is 7.42. The Bertz CT molecular complexity index is 599. The van der Waals surface area contributed by atoms with Crippen LogP contribution in [0.4, 0.5) is 16.2 Å². The summed E-state index contributed by atoms with van der Waals surface area (Å²) in [6.07, 6.45) is 2.44. The van der Waals surface area contributed by atoms with E-state index in [4.69, 9.17) is 0 Å². The van der Waals surface area contributed by atoms with Crippen molar-refractivity contribution in [3.05, 3.63) is 54.4 Å². The number of aliphatic hydroxyl groups excluding tert-OH is 1. The van der Waals surface area contributed by atoms with E-state index in [1.807, 2.05) is 43.3 Å². The van der Waals surface area contributed by atoms with Gasteiger partial charge >= 0.3 is 6.03 Å². The summed E-state index contributed by atoms with van der Waals surface area (Å²) < 4.78 is 0. The van der Waals surface area contributed by atoms with Gasteiger partial charge in [0.05, 0.1) is 6.10 Å². The highest BCUT2D eigenvalue weighted by Crippen LogP contribution is 2.15. The van der Waals surface area contributed by atoms with Crippen LogP contribution in [0.25, 0.3) is 0 Å².